The van der Waals surface area contributed by atoms with E-state index < -0.39 is 0 Å². The fraction of sp³-hybridized carbons (Fsp3) is 0.733. The van der Waals surface area contributed by atoms with Gasteiger partial charge in [-0.3, -0.25) is 9.59 Å². The summed E-state index contributed by atoms with van der Waals surface area (Å²) in [7, 11) is 0. The van der Waals surface area contributed by atoms with Gasteiger partial charge in [0.2, 0.25) is 5.91 Å². The van der Waals surface area contributed by atoms with Crippen LogP contribution in [-0.4, -0.2) is 50.3 Å². The minimum atomic E-state index is -0.199. The highest BCUT2D eigenvalue weighted by molar-refractivity contribution is 5.93. The number of carbonyl (C=O) groups excluding carboxylic acids is 2. The molecule has 1 N–H and O–H groups in total. The van der Waals surface area contributed by atoms with Crippen LogP contribution in [0.25, 0.3) is 0 Å². The molecule has 7 nitrogen and oxygen atoms in total. The summed E-state index contributed by atoms with van der Waals surface area (Å²) in [5, 5.41) is 10.6. The molecule has 1 aromatic heterocycles. The molecule has 1 aliphatic heterocycles. The molecule has 0 radical (unpaired) electrons. The summed E-state index contributed by atoms with van der Waals surface area (Å²) < 4.78 is 1.56. The number of nitrogens with zero attached hydrogens (tertiary/aromatic N) is 4. The number of aryl methyl sites for hydroxylation is 1. The highest BCUT2D eigenvalue weighted by Crippen LogP contribution is 2.26. The minimum absolute atomic E-state index is 0.109. The van der Waals surface area contributed by atoms with Crippen molar-refractivity contribution in [3.63, 3.8) is 0 Å². The molecule has 1 atom stereocenters. The highest BCUT2D eigenvalue weighted by atomic mass is 16.2. The normalized spacial score (nSPS) is 23.0. The first kappa shape index (κ1) is 15.0. The standard InChI is InChI=1S/C15H23N5O2/c1-2-20-13(9-16-18-20)15(22)17-11-8-14(21)19(10-11)12-6-4-3-5-7-12/h9,11-12H,2-8,10H2,1H3,(H,17,22). The molecule has 0 aromatic carbocycles. The Balaban J connectivity index is 1.60. The predicted octanol–water partition coefficient (Wildman–Crippen LogP) is 0.961. The molecule has 120 valence electrons. The minimum Gasteiger partial charge on any atom is -0.346 e. The number of likely N-dealkylation sites (tertiary alicyclic amines) is 1. The van der Waals surface area contributed by atoms with Crippen LogP contribution in [0.2, 0.25) is 0 Å². The van der Waals surface area contributed by atoms with E-state index in [1.807, 2.05) is 11.8 Å². The summed E-state index contributed by atoms with van der Waals surface area (Å²) in [6, 6.07) is 0.258. The number of rotatable bonds is 4. The van der Waals surface area contributed by atoms with Crippen molar-refractivity contribution < 1.29 is 9.59 Å². The van der Waals surface area contributed by atoms with Gasteiger partial charge in [-0.05, 0) is 19.8 Å². The van der Waals surface area contributed by atoms with Gasteiger partial charge in [-0.25, -0.2) is 4.68 Å². The lowest BCUT2D eigenvalue weighted by atomic mass is 9.94. The van der Waals surface area contributed by atoms with Crippen LogP contribution in [0, 0.1) is 0 Å². The van der Waals surface area contributed by atoms with Gasteiger partial charge >= 0.3 is 0 Å². The van der Waals surface area contributed by atoms with E-state index in [1.165, 1.54) is 25.5 Å². The Morgan fingerprint density at radius 3 is 2.86 bits per heavy atom. The van der Waals surface area contributed by atoms with Gasteiger partial charge in [-0.2, -0.15) is 0 Å². The molecule has 7 heteroatoms. The molecular weight excluding hydrogens is 282 g/mol. The average molecular weight is 305 g/mol. The third kappa shape index (κ3) is 2.98. The Labute approximate surface area is 130 Å². The number of hydrogen-bond donors (Lipinski definition) is 1. The van der Waals surface area contributed by atoms with Gasteiger partial charge in [0.15, 0.2) is 0 Å². The number of carbonyl (C=O) groups is 2. The molecule has 1 aromatic rings. The van der Waals surface area contributed by atoms with Crippen molar-refractivity contribution in [3.8, 4) is 0 Å². The second-order valence-corrected chi connectivity index (χ2v) is 6.15. The topological polar surface area (TPSA) is 80.1 Å². The first-order valence-corrected chi connectivity index (χ1v) is 8.18. The molecule has 2 amide bonds. The van der Waals surface area contributed by atoms with E-state index in [9.17, 15) is 9.59 Å². The number of nitrogens with one attached hydrogen (secondary N) is 1. The zero-order valence-corrected chi connectivity index (χ0v) is 13.0. The van der Waals surface area contributed by atoms with Crippen molar-refractivity contribution in [3.05, 3.63) is 11.9 Å². The molecule has 2 aliphatic rings. The van der Waals surface area contributed by atoms with Gasteiger partial charge in [0.1, 0.15) is 5.69 Å². The third-order valence-corrected chi connectivity index (χ3v) is 4.66. The van der Waals surface area contributed by atoms with E-state index in [0.717, 1.165) is 12.8 Å². The summed E-state index contributed by atoms with van der Waals surface area (Å²) in [5.41, 5.74) is 0.450. The van der Waals surface area contributed by atoms with Gasteiger partial charge < -0.3 is 10.2 Å². The smallest absolute Gasteiger partial charge is 0.271 e. The second-order valence-electron chi connectivity index (χ2n) is 6.15. The Hall–Kier alpha value is -1.92. The summed E-state index contributed by atoms with van der Waals surface area (Å²) >= 11 is 0. The summed E-state index contributed by atoms with van der Waals surface area (Å²) in [6.45, 7) is 3.14. The van der Waals surface area contributed by atoms with Crippen LogP contribution in [-0.2, 0) is 11.3 Å². The monoisotopic (exact) mass is 305 g/mol. The summed E-state index contributed by atoms with van der Waals surface area (Å²) in [4.78, 5) is 26.5. The van der Waals surface area contributed by atoms with Crippen molar-refractivity contribution in [2.24, 2.45) is 0 Å². The number of amides is 2. The number of aromatic nitrogens is 3. The SMILES string of the molecule is CCn1nncc1C(=O)NC1CC(=O)N(C2CCCCC2)C1. The maximum Gasteiger partial charge on any atom is 0.271 e. The van der Waals surface area contributed by atoms with Crippen LogP contribution >= 0.6 is 0 Å². The van der Waals surface area contributed by atoms with Crippen molar-refractivity contribution in [1.29, 1.82) is 0 Å². The van der Waals surface area contributed by atoms with Gasteiger partial charge in [0.05, 0.1) is 12.2 Å². The van der Waals surface area contributed by atoms with Crippen LogP contribution in [0.3, 0.4) is 0 Å². The van der Waals surface area contributed by atoms with E-state index in [1.54, 1.807) is 4.68 Å². The molecule has 1 aliphatic carbocycles. The van der Waals surface area contributed by atoms with Crippen LogP contribution in [0.5, 0.6) is 0 Å². The Morgan fingerprint density at radius 1 is 1.36 bits per heavy atom. The maximum absolute atomic E-state index is 12.3. The Morgan fingerprint density at radius 2 is 2.14 bits per heavy atom. The largest absolute Gasteiger partial charge is 0.346 e. The summed E-state index contributed by atoms with van der Waals surface area (Å²) in [5.74, 6) is -0.0329. The first-order valence-electron chi connectivity index (χ1n) is 8.18. The van der Waals surface area contributed by atoms with Crippen molar-refractivity contribution in [2.75, 3.05) is 6.54 Å². The lowest BCUT2D eigenvalue weighted by Gasteiger charge is -2.31. The molecule has 3 rings (SSSR count). The lowest BCUT2D eigenvalue weighted by Crippen LogP contribution is -2.41. The molecule has 0 bridgehead atoms. The van der Waals surface area contributed by atoms with Crippen LogP contribution in [0.15, 0.2) is 6.20 Å². The molecular formula is C15H23N5O2. The maximum atomic E-state index is 12.3. The molecule has 1 saturated heterocycles. The fourth-order valence-corrected chi connectivity index (χ4v) is 3.50. The summed E-state index contributed by atoms with van der Waals surface area (Å²) in [6.07, 6.45) is 7.73. The van der Waals surface area contributed by atoms with E-state index in [4.69, 9.17) is 0 Å². The second kappa shape index (κ2) is 6.46. The molecule has 22 heavy (non-hydrogen) atoms. The zero-order chi connectivity index (χ0) is 15.5. The van der Waals surface area contributed by atoms with Crippen LogP contribution in [0.4, 0.5) is 0 Å². The molecule has 1 unspecified atom stereocenters. The predicted molar refractivity (Wildman–Crippen MR) is 80.2 cm³/mol. The van der Waals surface area contributed by atoms with E-state index in [0.29, 0.717) is 31.2 Å². The first-order chi connectivity index (χ1) is 10.7. The highest BCUT2D eigenvalue weighted by Gasteiger charge is 2.35. The number of hydrogen-bond acceptors (Lipinski definition) is 4. The third-order valence-electron chi connectivity index (χ3n) is 4.66. The molecule has 2 fully saturated rings. The van der Waals surface area contributed by atoms with E-state index in [2.05, 4.69) is 15.6 Å². The quantitative estimate of drug-likeness (QED) is 0.898. The van der Waals surface area contributed by atoms with Crippen LogP contribution in [0.1, 0.15) is 55.9 Å². The molecule has 2 heterocycles. The van der Waals surface area contributed by atoms with E-state index >= 15 is 0 Å². The Bertz CT molecular complexity index is 550. The van der Waals surface area contributed by atoms with Crippen molar-refractivity contribution >= 4 is 11.8 Å². The molecule has 0 spiro atoms. The van der Waals surface area contributed by atoms with Gasteiger partial charge in [0, 0.05) is 25.6 Å². The van der Waals surface area contributed by atoms with Crippen molar-refractivity contribution in [1.82, 2.24) is 25.2 Å². The fourth-order valence-electron chi connectivity index (χ4n) is 3.50. The van der Waals surface area contributed by atoms with Gasteiger partial charge in [-0.15, -0.1) is 5.10 Å². The van der Waals surface area contributed by atoms with E-state index in [-0.39, 0.29) is 17.9 Å². The van der Waals surface area contributed by atoms with Crippen molar-refractivity contribution in [2.45, 2.75) is 64.1 Å². The molecule has 1 saturated carbocycles. The Kier molecular flexibility index (Phi) is 4.40. The zero-order valence-electron chi connectivity index (χ0n) is 13.0. The van der Waals surface area contributed by atoms with Gasteiger partial charge in [-0.1, -0.05) is 24.5 Å². The average Bonchev–Trinajstić information content (AvgIpc) is 3.14. The van der Waals surface area contributed by atoms with Crippen LogP contribution < -0.4 is 5.32 Å². The lowest BCUT2D eigenvalue weighted by molar-refractivity contribution is -0.130. The van der Waals surface area contributed by atoms with Gasteiger partial charge in [0.25, 0.3) is 5.91 Å².